The molecule has 0 unspecified atom stereocenters. The van der Waals surface area contributed by atoms with Crippen LogP contribution in [0.1, 0.15) is 0 Å². The fourth-order valence-corrected chi connectivity index (χ4v) is 2.48. The fourth-order valence-electron chi connectivity index (χ4n) is 2.48. The van der Waals surface area contributed by atoms with E-state index in [2.05, 4.69) is 44.1 Å². The summed E-state index contributed by atoms with van der Waals surface area (Å²) in [5.41, 5.74) is 0. The van der Waals surface area contributed by atoms with Crippen molar-refractivity contribution in [2.75, 3.05) is 77.7 Å². The van der Waals surface area contributed by atoms with E-state index in [1.54, 1.807) is 13.4 Å². The largest absolute Gasteiger partial charge is 0.490 e. The highest BCUT2D eigenvalue weighted by molar-refractivity contribution is 5.64. The van der Waals surface area contributed by atoms with Gasteiger partial charge in [-0.05, 0) is 14.1 Å². The molecule has 0 aliphatic carbocycles. The zero-order valence-corrected chi connectivity index (χ0v) is 13.5. The summed E-state index contributed by atoms with van der Waals surface area (Å²) >= 11 is 0. The van der Waals surface area contributed by atoms with E-state index in [9.17, 15) is 0 Å². The van der Waals surface area contributed by atoms with Crippen molar-refractivity contribution in [3.63, 3.8) is 0 Å². The first-order valence-corrected chi connectivity index (χ1v) is 7.34. The average Bonchev–Trinajstić information content (AvgIpc) is 2.52. The van der Waals surface area contributed by atoms with Crippen molar-refractivity contribution in [3.8, 4) is 5.75 Å². The van der Waals surface area contributed by atoms with Gasteiger partial charge in [-0.1, -0.05) is 0 Å². The summed E-state index contributed by atoms with van der Waals surface area (Å²) in [5.74, 6) is 2.34. The number of piperazine rings is 1. The van der Waals surface area contributed by atoms with E-state index < -0.39 is 0 Å². The summed E-state index contributed by atoms with van der Waals surface area (Å²) in [6, 6.07) is 0. The van der Waals surface area contributed by atoms with Gasteiger partial charge in [0.05, 0.1) is 7.11 Å². The molecule has 1 aliphatic rings. The van der Waals surface area contributed by atoms with Gasteiger partial charge >= 0.3 is 0 Å². The summed E-state index contributed by atoms with van der Waals surface area (Å²) < 4.78 is 5.48. The Morgan fingerprint density at radius 3 is 2.52 bits per heavy atom. The number of rotatable bonds is 6. The zero-order chi connectivity index (χ0) is 15.2. The molecule has 0 bridgehead atoms. The summed E-state index contributed by atoms with van der Waals surface area (Å²) in [6.07, 6.45) is 1.59. The van der Waals surface area contributed by atoms with Crippen LogP contribution in [-0.4, -0.2) is 87.3 Å². The topological polar surface area (TPSA) is 56.8 Å². The monoisotopic (exact) mass is 294 g/mol. The number of nitrogens with one attached hydrogen (secondary N) is 1. The fraction of sp³-hybridized carbons (Fsp3) is 0.714. The molecule has 1 aliphatic heterocycles. The van der Waals surface area contributed by atoms with Crippen LogP contribution >= 0.6 is 0 Å². The molecule has 1 saturated heterocycles. The number of nitrogens with zero attached hydrogens (tertiary/aromatic N) is 5. The number of aromatic nitrogens is 2. The van der Waals surface area contributed by atoms with Crippen LogP contribution in [0.3, 0.4) is 0 Å². The molecular formula is C14H26N6O. The maximum Gasteiger partial charge on any atom is 0.204 e. The Kier molecular flexibility index (Phi) is 5.58. The quantitative estimate of drug-likeness (QED) is 0.805. The molecule has 0 aromatic carbocycles. The second-order valence-corrected chi connectivity index (χ2v) is 5.46. The van der Waals surface area contributed by atoms with Gasteiger partial charge in [0.15, 0.2) is 11.6 Å². The summed E-state index contributed by atoms with van der Waals surface area (Å²) in [7, 11) is 7.73. The molecule has 1 fully saturated rings. The Morgan fingerprint density at radius 1 is 1.24 bits per heavy atom. The standard InChI is InChI=1S/C14H26N6O/c1-15-13-12(21-4)14(17-11-16-13)20-9-7-19(8-10-20)6-5-18(2)3/h11H,5-10H2,1-4H3,(H,15,16,17). The first-order valence-electron chi connectivity index (χ1n) is 7.34. The molecule has 2 heterocycles. The minimum atomic E-state index is 0.724. The van der Waals surface area contributed by atoms with Gasteiger partial charge in [-0.2, -0.15) is 0 Å². The van der Waals surface area contributed by atoms with Crippen molar-refractivity contribution in [1.29, 1.82) is 0 Å². The van der Waals surface area contributed by atoms with Crippen molar-refractivity contribution in [2.45, 2.75) is 0 Å². The molecule has 7 heteroatoms. The minimum absolute atomic E-state index is 0.724. The number of hydrogen-bond acceptors (Lipinski definition) is 7. The Hall–Kier alpha value is -1.60. The molecule has 1 aromatic rings. The van der Waals surface area contributed by atoms with Crippen LogP contribution in [0.15, 0.2) is 6.33 Å². The summed E-state index contributed by atoms with van der Waals surface area (Å²) in [6.45, 7) is 6.24. The second kappa shape index (κ2) is 7.42. The number of ether oxygens (including phenoxy) is 1. The van der Waals surface area contributed by atoms with Crippen molar-refractivity contribution < 1.29 is 4.74 Å². The number of methoxy groups -OCH3 is 1. The van der Waals surface area contributed by atoms with Gasteiger partial charge in [0.25, 0.3) is 0 Å². The van der Waals surface area contributed by atoms with E-state index in [4.69, 9.17) is 4.74 Å². The van der Waals surface area contributed by atoms with Crippen LogP contribution in [0.5, 0.6) is 5.75 Å². The van der Waals surface area contributed by atoms with Crippen LogP contribution in [0.4, 0.5) is 11.6 Å². The van der Waals surface area contributed by atoms with Crippen LogP contribution in [0, 0.1) is 0 Å². The van der Waals surface area contributed by atoms with Crippen LogP contribution in [-0.2, 0) is 0 Å². The van der Waals surface area contributed by atoms with Gasteiger partial charge < -0.3 is 19.9 Å². The molecule has 21 heavy (non-hydrogen) atoms. The molecule has 1 aromatic heterocycles. The van der Waals surface area contributed by atoms with Gasteiger partial charge in [-0.3, -0.25) is 4.90 Å². The SMILES string of the molecule is CNc1ncnc(N2CCN(CCN(C)C)CC2)c1OC. The predicted octanol–water partition coefficient (Wildman–Crippen LogP) is 0.211. The Morgan fingerprint density at radius 2 is 1.95 bits per heavy atom. The summed E-state index contributed by atoms with van der Waals surface area (Å²) in [4.78, 5) is 15.6. The van der Waals surface area contributed by atoms with E-state index >= 15 is 0 Å². The van der Waals surface area contributed by atoms with Gasteiger partial charge in [-0.15, -0.1) is 0 Å². The Labute approximate surface area is 126 Å². The lowest BCUT2D eigenvalue weighted by molar-refractivity contribution is 0.228. The van der Waals surface area contributed by atoms with Crippen LogP contribution in [0.25, 0.3) is 0 Å². The van der Waals surface area contributed by atoms with E-state index in [0.29, 0.717) is 0 Å². The minimum Gasteiger partial charge on any atom is -0.490 e. The first kappa shape index (κ1) is 15.8. The highest BCUT2D eigenvalue weighted by atomic mass is 16.5. The molecule has 7 nitrogen and oxygen atoms in total. The van der Waals surface area contributed by atoms with Gasteiger partial charge in [0, 0.05) is 46.3 Å². The van der Waals surface area contributed by atoms with E-state index in [-0.39, 0.29) is 0 Å². The van der Waals surface area contributed by atoms with Crippen molar-refractivity contribution in [1.82, 2.24) is 19.8 Å². The zero-order valence-electron chi connectivity index (χ0n) is 13.5. The molecule has 118 valence electrons. The molecule has 0 amide bonds. The average molecular weight is 294 g/mol. The lowest BCUT2D eigenvalue weighted by atomic mass is 10.3. The molecule has 0 spiro atoms. The third kappa shape index (κ3) is 3.95. The molecule has 1 N–H and O–H groups in total. The third-order valence-corrected chi connectivity index (χ3v) is 3.76. The van der Waals surface area contributed by atoms with Crippen LogP contribution in [0.2, 0.25) is 0 Å². The highest BCUT2D eigenvalue weighted by Crippen LogP contribution is 2.31. The second-order valence-electron chi connectivity index (χ2n) is 5.46. The maximum absolute atomic E-state index is 5.48. The van der Waals surface area contributed by atoms with E-state index in [0.717, 1.165) is 56.7 Å². The van der Waals surface area contributed by atoms with Gasteiger partial charge in [0.1, 0.15) is 6.33 Å². The summed E-state index contributed by atoms with van der Waals surface area (Å²) in [5, 5.41) is 3.05. The maximum atomic E-state index is 5.48. The van der Waals surface area contributed by atoms with Crippen molar-refractivity contribution in [2.24, 2.45) is 0 Å². The number of anilines is 2. The predicted molar refractivity (Wildman–Crippen MR) is 85.3 cm³/mol. The molecular weight excluding hydrogens is 268 g/mol. The lowest BCUT2D eigenvalue weighted by Gasteiger charge is -2.36. The van der Waals surface area contributed by atoms with E-state index in [1.165, 1.54) is 0 Å². The van der Waals surface area contributed by atoms with Gasteiger partial charge in [0.2, 0.25) is 5.75 Å². The smallest absolute Gasteiger partial charge is 0.204 e. The molecule has 0 radical (unpaired) electrons. The molecule has 0 atom stereocenters. The molecule has 2 rings (SSSR count). The Bertz CT molecular complexity index is 445. The van der Waals surface area contributed by atoms with Crippen LogP contribution < -0.4 is 15.0 Å². The van der Waals surface area contributed by atoms with Crippen molar-refractivity contribution >= 4 is 11.6 Å². The Balaban J connectivity index is 1.99. The van der Waals surface area contributed by atoms with Gasteiger partial charge in [-0.25, -0.2) is 9.97 Å². The third-order valence-electron chi connectivity index (χ3n) is 3.76. The van der Waals surface area contributed by atoms with Crippen molar-refractivity contribution in [3.05, 3.63) is 6.33 Å². The van der Waals surface area contributed by atoms with E-state index in [1.807, 2.05) is 7.05 Å². The number of likely N-dealkylation sites (N-methyl/N-ethyl adjacent to an activating group) is 1. The molecule has 0 saturated carbocycles. The normalized spacial score (nSPS) is 16.3. The highest BCUT2D eigenvalue weighted by Gasteiger charge is 2.22. The lowest BCUT2D eigenvalue weighted by Crippen LogP contribution is -2.48. The number of hydrogen-bond donors (Lipinski definition) is 1. The first-order chi connectivity index (χ1) is 10.2.